The maximum Gasteiger partial charge on any atom is 0.225 e. The summed E-state index contributed by atoms with van der Waals surface area (Å²) in [4.78, 5) is 14.7. The van der Waals surface area contributed by atoms with E-state index in [2.05, 4.69) is 10.2 Å². The van der Waals surface area contributed by atoms with Crippen LogP contribution in [0.15, 0.2) is 18.2 Å². The second-order valence-electron chi connectivity index (χ2n) is 6.73. The summed E-state index contributed by atoms with van der Waals surface area (Å²) in [6.07, 6.45) is 5.03. The highest BCUT2D eigenvalue weighted by molar-refractivity contribution is 6.33. The Labute approximate surface area is 160 Å². The van der Waals surface area contributed by atoms with Gasteiger partial charge in [-0.05, 0) is 74.9 Å². The van der Waals surface area contributed by atoms with Gasteiger partial charge in [0.25, 0.3) is 0 Å². The molecule has 2 fully saturated rings. The number of carbonyl (C=O) groups is 1. The predicted molar refractivity (Wildman–Crippen MR) is 102 cm³/mol. The lowest BCUT2D eigenvalue weighted by molar-refractivity contribution is -0.137. The molecule has 2 heterocycles. The van der Waals surface area contributed by atoms with Gasteiger partial charge in [-0.15, -0.1) is 12.4 Å². The summed E-state index contributed by atoms with van der Waals surface area (Å²) in [6.45, 7) is 3.71. The SMILES string of the molecule is Cl.O=C(C1CCNCC1)N1CCC(Cc2cc(Cl)ccc2Cl)CC1. The van der Waals surface area contributed by atoms with Crippen molar-refractivity contribution in [2.45, 2.75) is 32.1 Å². The standard InChI is InChI=1S/C18H24Cl2N2O.ClH/c19-16-1-2-17(20)15(12-16)11-13-5-9-22(10-6-13)18(23)14-3-7-21-8-4-14;/h1-2,12-14,21H,3-11H2;1H. The molecule has 0 aromatic heterocycles. The van der Waals surface area contributed by atoms with Crippen molar-refractivity contribution in [1.29, 1.82) is 0 Å². The number of hydrogen-bond donors (Lipinski definition) is 1. The molecule has 134 valence electrons. The third kappa shape index (κ3) is 5.01. The van der Waals surface area contributed by atoms with Gasteiger partial charge in [0, 0.05) is 29.1 Å². The first-order chi connectivity index (χ1) is 11.1. The van der Waals surface area contributed by atoms with Gasteiger partial charge in [0.2, 0.25) is 5.91 Å². The molecule has 3 rings (SSSR count). The van der Waals surface area contributed by atoms with Crippen LogP contribution in [0, 0.1) is 11.8 Å². The normalized spacial score (nSPS) is 19.8. The quantitative estimate of drug-likeness (QED) is 0.837. The zero-order valence-corrected chi connectivity index (χ0v) is 16.1. The zero-order valence-electron chi connectivity index (χ0n) is 13.8. The molecule has 1 aromatic rings. The Morgan fingerprint density at radius 3 is 2.46 bits per heavy atom. The van der Waals surface area contributed by atoms with Crippen LogP contribution < -0.4 is 5.32 Å². The number of halogens is 3. The molecule has 0 aliphatic carbocycles. The fraction of sp³-hybridized carbons (Fsp3) is 0.611. The van der Waals surface area contributed by atoms with Crippen LogP contribution in [0.3, 0.4) is 0 Å². The number of nitrogens with one attached hydrogen (secondary N) is 1. The van der Waals surface area contributed by atoms with E-state index in [-0.39, 0.29) is 18.3 Å². The lowest BCUT2D eigenvalue weighted by Gasteiger charge is -2.35. The summed E-state index contributed by atoms with van der Waals surface area (Å²) in [6, 6.07) is 5.67. The maximum atomic E-state index is 12.6. The van der Waals surface area contributed by atoms with E-state index in [1.807, 2.05) is 18.2 Å². The highest BCUT2D eigenvalue weighted by Crippen LogP contribution is 2.28. The molecule has 0 bridgehead atoms. The first kappa shape index (κ1) is 19.8. The second kappa shape index (κ2) is 9.28. The number of rotatable bonds is 3. The minimum absolute atomic E-state index is 0. The molecule has 0 atom stereocenters. The fourth-order valence-electron chi connectivity index (χ4n) is 3.70. The summed E-state index contributed by atoms with van der Waals surface area (Å²) in [5.74, 6) is 1.18. The average Bonchev–Trinajstić information content (AvgIpc) is 2.59. The Hall–Kier alpha value is -0.480. The molecule has 24 heavy (non-hydrogen) atoms. The van der Waals surface area contributed by atoms with Crippen LogP contribution in [0.2, 0.25) is 10.0 Å². The molecular formula is C18H25Cl3N2O. The molecule has 0 unspecified atom stereocenters. The molecule has 2 aliphatic rings. The van der Waals surface area contributed by atoms with Crippen molar-refractivity contribution < 1.29 is 4.79 Å². The van der Waals surface area contributed by atoms with Crippen molar-refractivity contribution in [2.75, 3.05) is 26.2 Å². The largest absolute Gasteiger partial charge is 0.342 e. The third-order valence-electron chi connectivity index (χ3n) is 5.13. The minimum Gasteiger partial charge on any atom is -0.342 e. The van der Waals surface area contributed by atoms with E-state index in [0.29, 0.717) is 11.8 Å². The molecule has 2 aliphatic heterocycles. The van der Waals surface area contributed by atoms with Gasteiger partial charge >= 0.3 is 0 Å². The van der Waals surface area contributed by atoms with Crippen LogP contribution in [0.1, 0.15) is 31.2 Å². The molecule has 1 aromatic carbocycles. The lowest BCUT2D eigenvalue weighted by atomic mass is 9.88. The zero-order chi connectivity index (χ0) is 16.2. The van der Waals surface area contributed by atoms with Crippen LogP contribution in [0.25, 0.3) is 0 Å². The first-order valence-corrected chi connectivity index (χ1v) is 9.32. The van der Waals surface area contributed by atoms with Crippen LogP contribution >= 0.6 is 35.6 Å². The number of amides is 1. The van der Waals surface area contributed by atoms with Crippen LogP contribution in [0.5, 0.6) is 0 Å². The molecule has 0 saturated carbocycles. The van der Waals surface area contributed by atoms with Crippen molar-refractivity contribution in [3.8, 4) is 0 Å². The number of hydrogen-bond acceptors (Lipinski definition) is 2. The van der Waals surface area contributed by atoms with Crippen LogP contribution in [0.4, 0.5) is 0 Å². The van der Waals surface area contributed by atoms with Gasteiger partial charge in [-0.3, -0.25) is 4.79 Å². The van der Waals surface area contributed by atoms with Gasteiger partial charge in [0.1, 0.15) is 0 Å². The summed E-state index contributed by atoms with van der Waals surface area (Å²) in [7, 11) is 0. The van der Waals surface area contributed by atoms with Crippen molar-refractivity contribution >= 4 is 41.5 Å². The summed E-state index contributed by atoms with van der Waals surface area (Å²) in [5.41, 5.74) is 1.13. The Kier molecular flexibility index (Phi) is 7.67. The van der Waals surface area contributed by atoms with Gasteiger partial charge in [0.15, 0.2) is 0 Å². The van der Waals surface area contributed by atoms with Gasteiger partial charge in [-0.2, -0.15) is 0 Å². The van der Waals surface area contributed by atoms with E-state index in [1.165, 1.54) is 0 Å². The third-order valence-corrected chi connectivity index (χ3v) is 5.73. The van der Waals surface area contributed by atoms with E-state index in [4.69, 9.17) is 23.2 Å². The molecule has 0 radical (unpaired) electrons. The highest BCUT2D eigenvalue weighted by atomic mass is 35.5. The fourth-order valence-corrected chi connectivity index (χ4v) is 4.08. The Morgan fingerprint density at radius 2 is 1.79 bits per heavy atom. The van der Waals surface area contributed by atoms with Crippen LogP contribution in [-0.2, 0) is 11.2 Å². The number of benzene rings is 1. The Morgan fingerprint density at radius 1 is 1.12 bits per heavy atom. The first-order valence-electron chi connectivity index (χ1n) is 8.57. The molecule has 1 amide bonds. The molecule has 6 heteroatoms. The van der Waals surface area contributed by atoms with Gasteiger partial charge in [0.05, 0.1) is 0 Å². The summed E-state index contributed by atoms with van der Waals surface area (Å²) < 4.78 is 0. The van der Waals surface area contributed by atoms with E-state index >= 15 is 0 Å². The summed E-state index contributed by atoms with van der Waals surface area (Å²) >= 11 is 12.3. The van der Waals surface area contributed by atoms with E-state index in [9.17, 15) is 4.79 Å². The van der Waals surface area contributed by atoms with E-state index < -0.39 is 0 Å². The molecule has 2 saturated heterocycles. The van der Waals surface area contributed by atoms with Gasteiger partial charge in [-0.1, -0.05) is 23.2 Å². The van der Waals surface area contributed by atoms with Crippen molar-refractivity contribution in [1.82, 2.24) is 10.2 Å². The average molecular weight is 392 g/mol. The number of likely N-dealkylation sites (tertiary alicyclic amines) is 1. The summed E-state index contributed by atoms with van der Waals surface area (Å²) in [5, 5.41) is 4.86. The maximum absolute atomic E-state index is 12.6. The van der Waals surface area contributed by atoms with Crippen molar-refractivity contribution in [2.24, 2.45) is 11.8 Å². The number of nitrogens with zero attached hydrogens (tertiary/aromatic N) is 1. The number of piperidine rings is 2. The van der Waals surface area contributed by atoms with Crippen molar-refractivity contribution in [3.05, 3.63) is 33.8 Å². The van der Waals surface area contributed by atoms with E-state index in [1.54, 1.807) is 0 Å². The van der Waals surface area contributed by atoms with Gasteiger partial charge < -0.3 is 10.2 Å². The van der Waals surface area contributed by atoms with Crippen molar-refractivity contribution in [3.63, 3.8) is 0 Å². The van der Waals surface area contributed by atoms with Gasteiger partial charge in [-0.25, -0.2) is 0 Å². The topological polar surface area (TPSA) is 32.3 Å². The molecule has 3 nitrogen and oxygen atoms in total. The molecule has 0 spiro atoms. The van der Waals surface area contributed by atoms with E-state index in [0.717, 1.165) is 73.9 Å². The lowest BCUT2D eigenvalue weighted by Crippen LogP contribution is -2.44. The minimum atomic E-state index is 0. The monoisotopic (exact) mass is 390 g/mol. The molecular weight excluding hydrogens is 367 g/mol. The second-order valence-corrected chi connectivity index (χ2v) is 7.58. The Bertz CT molecular complexity index is 553. The molecule has 1 N–H and O–H groups in total. The smallest absolute Gasteiger partial charge is 0.225 e. The number of carbonyl (C=O) groups excluding carboxylic acids is 1. The van der Waals surface area contributed by atoms with Crippen LogP contribution in [-0.4, -0.2) is 37.0 Å². The highest BCUT2D eigenvalue weighted by Gasteiger charge is 2.29. The predicted octanol–water partition coefficient (Wildman–Crippen LogP) is 4.20. The Balaban J connectivity index is 0.00000208.